The molecule has 1 heterocycles. The molecule has 1 unspecified atom stereocenters. The molecule has 5 nitrogen and oxygen atoms in total. The van der Waals surface area contributed by atoms with E-state index in [0.29, 0.717) is 23.7 Å². The zero-order chi connectivity index (χ0) is 17.8. The maximum atomic E-state index is 11.7. The minimum atomic E-state index is -0.897. The Morgan fingerprint density at radius 2 is 2.08 bits per heavy atom. The molecule has 3 rings (SSSR count). The number of hydrogen-bond donors (Lipinski definition) is 3. The highest BCUT2D eigenvalue weighted by molar-refractivity contribution is 6.30. The number of benzene rings is 2. The fourth-order valence-electron chi connectivity index (χ4n) is 2.89. The quantitative estimate of drug-likeness (QED) is 0.603. The monoisotopic (exact) mass is 358 g/mol. The Hall–Kier alpha value is -2.50. The van der Waals surface area contributed by atoms with Gasteiger partial charge in [-0.05, 0) is 29.8 Å². The van der Waals surface area contributed by atoms with Gasteiger partial charge < -0.3 is 14.8 Å². The molecule has 0 aliphatic carbocycles. The number of methoxy groups -OCH3 is 1. The van der Waals surface area contributed by atoms with Crippen LogP contribution in [0, 0.1) is 0 Å². The van der Waals surface area contributed by atoms with Gasteiger partial charge in [0, 0.05) is 40.7 Å². The Balaban J connectivity index is 1.76. The van der Waals surface area contributed by atoms with Gasteiger partial charge in [-0.25, -0.2) is 0 Å². The zero-order valence-electron chi connectivity index (χ0n) is 13.8. The minimum absolute atomic E-state index is 0.350. The molecule has 0 saturated carbocycles. The van der Waals surface area contributed by atoms with Crippen molar-refractivity contribution in [3.05, 3.63) is 64.8 Å². The van der Waals surface area contributed by atoms with Crippen molar-refractivity contribution in [2.45, 2.75) is 19.0 Å². The third-order valence-electron chi connectivity index (χ3n) is 4.18. The van der Waals surface area contributed by atoms with Crippen molar-refractivity contribution in [3.63, 3.8) is 0 Å². The fraction of sp³-hybridized carbons (Fsp3) is 0.211. The molecule has 25 heavy (non-hydrogen) atoms. The highest BCUT2D eigenvalue weighted by atomic mass is 35.5. The van der Waals surface area contributed by atoms with Crippen molar-refractivity contribution in [3.8, 4) is 5.75 Å². The Labute approximate surface area is 150 Å². The summed E-state index contributed by atoms with van der Waals surface area (Å²) < 4.78 is 5.31. The fourth-order valence-corrected chi connectivity index (χ4v) is 3.08. The van der Waals surface area contributed by atoms with Gasteiger partial charge in [-0.15, -0.1) is 0 Å². The maximum Gasteiger partial charge on any atom is 0.321 e. The molecule has 1 aromatic heterocycles. The van der Waals surface area contributed by atoms with Crippen molar-refractivity contribution in [2.75, 3.05) is 7.11 Å². The van der Waals surface area contributed by atoms with Gasteiger partial charge >= 0.3 is 5.97 Å². The molecule has 0 radical (unpaired) electrons. The number of rotatable bonds is 7. The van der Waals surface area contributed by atoms with Gasteiger partial charge in [-0.3, -0.25) is 10.1 Å². The lowest BCUT2D eigenvalue weighted by atomic mass is 10.0. The highest BCUT2D eigenvalue weighted by Crippen LogP contribution is 2.23. The van der Waals surface area contributed by atoms with E-state index in [1.54, 1.807) is 25.3 Å². The number of fused-ring (bicyclic) bond motifs is 1. The number of ether oxygens (including phenoxy) is 1. The number of aromatic nitrogens is 1. The normalized spacial score (nSPS) is 12.2. The van der Waals surface area contributed by atoms with Gasteiger partial charge in [0.15, 0.2) is 0 Å². The van der Waals surface area contributed by atoms with Crippen LogP contribution in [0.2, 0.25) is 5.02 Å². The molecule has 0 bridgehead atoms. The Bertz CT molecular complexity index is 891. The second-order valence-corrected chi connectivity index (χ2v) is 6.23. The number of aromatic amines is 1. The summed E-state index contributed by atoms with van der Waals surface area (Å²) in [5.74, 6) is -0.223. The molecule has 0 amide bonds. The number of H-pyrrole nitrogens is 1. The van der Waals surface area contributed by atoms with E-state index in [2.05, 4.69) is 10.3 Å². The molecule has 3 N–H and O–H groups in total. The molecule has 0 fully saturated rings. The number of carbonyl (C=O) groups is 1. The van der Waals surface area contributed by atoms with E-state index in [0.717, 1.165) is 22.0 Å². The first-order valence-corrected chi connectivity index (χ1v) is 8.30. The molecule has 130 valence electrons. The molecule has 2 aromatic carbocycles. The van der Waals surface area contributed by atoms with Crippen molar-refractivity contribution in [1.29, 1.82) is 0 Å². The van der Waals surface area contributed by atoms with Crippen LogP contribution >= 0.6 is 11.6 Å². The Morgan fingerprint density at radius 1 is 1.28 bits per heavy atom. The van der Waals surface area contributed by atoms with E-state index >= 15 is 0 Å². The van der Waals surface area contributed by atoms with Crippen LogP contribution in [0.1, 0.15) is 11.1 Å². The predicted octanol–water partition coefficient (Wildman–Crippen LogP) is 3.62. The molecule has 1 atom stereocenters. The lowest BCUT2D eigenvalue weighted by Crippen LogP contribution is -2.38. The van der Waals surface area contributed by atoms with Crippen LogP contribution in [0.5, 0.6) is 5.75 Å². The molecule has 0 saturated heterocycles. The van der Waals surface area contributed by atoms with Gasteiger partial charge in [0.1, 0.15) is 11.8 Å². The number of aliphatic carboxylic acids is 1. The van der Waals surface area contributed by atoms with Crippen LogP contribution in [-0.2, 0) is 17.8 Å². The van der Waals surface area contributed by atoms with Crippen LogP contribution in [0.3, 0.4) is 0 Å². The Kier molecular flexibility index (Phi) is 5.26. The van der Waals surface area contributed by atoms with E-state index in [-0.39, 0.29) is 0 Å². The summed E-state index contributed by atoms with van der Waals surface area (Å²) in [4.78, 5) is 14.8. The predicted molar refractivity (Wildman–Crippen MR) is 98.3 cm³/mol. The number of hydrogen-bond acceptors (Lipinski definition) is 3. The van der Waals surface area contributed by atoms with E-state index < -0.39 is 12.0 Å². The summed E-state index contributed by atoms with van der Waals surface area (Å²) in [6, 6.07) is 12.4. The number of nitrogens with one attached hydrogen (secondary N) is 2. The summed E-state index contributed by atoms with van der Waals surface area (Å²) in [7, 11) is 1.58. The molecule has 6 heteroatoms. The first-order valence-electron chi connectivity index (χ1n) is 7.92. The number of halogens is 1. The van der Waals surface area contributed by atoms with E-state index in [1.165, 1.54) is 0 Å². The summed E-state index contributed by atoms with van der Waals surface area (Å²) in [6.07, 6.45) is 2.24. The van der Waals surface area contributed by atoms with Gasteiger partial charge in [0.2, 0.25) is 0 Å². The van der Waals surface area contributed by atoms with Gasteiger partial charge in [-0.2, -0.15) is 0 Å². The second kappa shape index (κ2) is 7.59. The van der Waals surface area contributed by atoms with Gasteiger partial charge in [0.25, 0.3) is 0 Å². The molecule has 0 spiro atoms. The first-order chi connectivity index (χ1) is 12.1. The summed E-state index contributed by atoms with van der Waals surface area (Å²) in [6.45, 7) is 0.350. The van der Waals surface area contributed by atoms with Crippen molar-refractivity contribution < 1.29 is 14.6 Å². The third-order valence-corrected chi connectivity index (χ3v) is 4.41. The van der Waals surface area contributed by atoms with E-state index in [1.807, 2.05) is 30.5 Å². The third kappa shape index (κ3) is 3.95. The van der Waals surface area contributed by atoms with Crippen LogP contribution in [-0.4, -0.2) is 29.2 Å². The highest BCUT2D eigenvalue weighted by Gasteiger charge is 2.20. The lowest BCUT2D eigenvalue weighted by molar-refractivity contribution is -0.139. The SMILES string of the molecule is COc1ccc(Cl)cc1CNC(Cc1c[nH]c2ccccc12)C(=O)O. The van der Waals surface area contributed by atoms with E-state index in [4.69, 9.17) is 16.3 Å². The summed E-state index contributed by atoms with van der Waals surface area (Å²) in [5, 5.41) is 14.3. The van der Waals surface area contributed by atoms with Crippen LogP contribution in [0.4, 0.5) is 0 Å². The summed E-state index contributed by atoms with van der Waals surface area (Å²) >= 11 is 6.03. The van der Waals surface area contributed by atoms with Crippen LogP contribution in [0.15, 0.2) is 48.7 Å². The minimum Gasteiger partial charge on any atom is -0.496 e. The first kappa shape index (κ1) is 17.3. The topological polar surface area (TPSA) is 74.3 Å². The van der Waals surface area contributed by atoms with Crippen molar-refractivity contribution >= 4 is 28.5 Å². The molecule has 3 aromatic rings. The number of carboxylic acids is 1. The van der Waals surface area contributed by atoms with Gasteiger partial charge in [-0.1, -0.05) is 29.8 Å². The van der Waals surface area contributed by atoms with Crippen LogP contribution < -0.4 is 10.1 Å². The number of para-hydroxylation sites is 1. The average Bonchev–Trinajstić information content (AvgIpc) is 3.01. The van der Waals surface area contributed by atoms with Crippen molar-refractivity contribution in [2.24, 2.45) is 0 Å². The summed E-state index contributed by atoms with van der Waals surface area (Å²) in [5.41, 5.74) is 2.78. The standard InChI is InChI=1S/C19H19ClN2O3/c1-25-18-7-6-14(20)8-13(18)11-22-17(19(23)24)9-12-10-21-16-5-3-2-4-15(12)16/h2-8,10,17,21-22H,9,11H2,1H3,(H,23,24). The Morgan fingerprint density at radius 3 is 2.84 bits per heavy atom. The van der Waals surface area contributed by atoms with Gasteiger partial charge in [0.05, 0.1) is 7.11 Å². The van der Waals surface area contributed by atoms with Crippen molar-refractivity contribution in [1.82, 2.24) is 10.3 Å². The maximum absolute atomic E-state index is 11.7. The van der Waals surface area contributed by atoms with E-state index in [9.17, 15) is 9.90 Å². The molecular formula is C19H19ClN2O3. The van der Waals surface area contributed by atoms with Crippen LogP contribution in [0.25, 0.3) is 10.9 Å². The molecular weight excluding hydrogens is 340 g/mol. The second-order valence-electron chi connectivity index (χ2n) is 5.79. The smallest absolute Gasteiger partial charge is 0.321 e. The lowest BCUT2D eigenvalue weighted by Gasteiger charge is -2.16. The largest absolute Gasteiger partial charge is 0.496 e. The molecule has 0 aliphatic rings. The average molecular weight is 359 g/mol. The number of carboxylic acid groups (broad SMARTS) is 1. The molecule has 0 aliphatic heterocycles. The zero-order valence-corrected chi connectivity index (χ0v) is 14.5.